The number of nitrogens with one attached hydrogen (secondary N) is 1. The standard InChI is InChI=1S/C19H18N4O2S/c1-12(18-21-10-16(26-18)13-5-3-2-4-6-13)22-15-9-20-17-8-7-14(11-24)23(17)19(15)25/h2-6,9-12,14,22H,7-8H2,1H3. The van der Waals surface area contributed by atoms with Crippen molar-refractivity contribution in [2.24, 2.45) is 0 Å². The number of aryl methyl sites for hydroxylation is 1. The first-order valence-electron chi connectivity index (χ1n) is 8.50. The van der Waals surface area contributed by atoms with Crippen LogP contribution < -0.4 is 10.9 Å². The van der Waals surface area contributed by atoms with Gasteiger partial charge in [0.25, 0.3) is 5.56 Å². The van der Waals surface area contributed by atoms with Crippen molar-refractivity contribution in [3.05, 3.63) is 63.9 Å². The molecule has 4 rings (SSSR count). The summed E-state index contributed by atoms with van der Waals surface area (Å²) in [5.74, 6) is 0.672. The van der Waals surface area contributed by atoms with Crippen LogP contribution in [0.4, 0.5) is 5.69 Å². The van der Waals surface area contributed by atoms with Gasteiger partial charge in [0.05, 0.1) is 23.2 Å². The van der Waals surface area contributed by atoms with Gasteiger partial charge in [-0.25, -0.2) is 9.97 Å². The Kier molecular flexibility index (Phi) is 4.38. The average molecular weight is 366 g/mol. The van der Waals surface area contributed by atoms with E-state index in [2.05, 4.69) is 15.3 Å². The molecule has 3 aromatic rings. The number of carbonyl (C=O) groups excluding carboxylic acids is 1. The SMILES string of the molecule is CC(Nc1cnc2n(c1=O)C(C=O)CC2)c1ncc(-c2ccccc2)s1. The molecule has 0 amide bonds. The van der Waals surface area contributed by atoms with E-state index in [0.717, 1.165) is 21.7 Å². The lowest BCUT2D eigenvalue weighted by molar-refractivity contribution is -0.110. The van der Waals surface area contributed by atoms with Gasteiger partial charge in [0.15, 0.2) is 0 Å². The molecule has 3 heterocycles. The van der Waals surface area contributed by atoms with Gasteiger partial charge in [0, 0.05) is 12.6 Å². The largest absolute Gasteiger partial charge is 0.370 e. The van der Waals surface area contributed by atoms with E-state index in [1.54, 1.807) is 17.5 Å². The fourth-order valence-electron chi connectivity index (χ4n) is 3.18. The zero-order valence-corrected chi connectivity index (χ0v) is 15.1. The van der Waals surface area contributed by atoms with Crippen LogP contribution in [0.15, 0.2) is 47.5 Å². The van der Waals surface area contributed by atoms with Gasteiger partial charge in [-0.15, -0.1) is 11.3 Å². The first-order chi connectivity index (χ1) is 12.7. The molecule has 0 spiro atoms. The lowest BCUT2D eigenvalue weighted by atomic mass is 10.2. The van der Waals surface area contributed by atoms with E-state index in [4.69, 9.17) is 0 Å². The van der Waals surface area contributed by atoms with Crippen LogP contribution in [0.3, 0.4) is 0 Å². The second-order valence-corrected chi connectivity index (χ2v) is 7.36. The third kappa shape index (κ3) is 2.94. The van der Waals surface area contributed by atoms with E-state index in [1.165, 1.54) is 4.57 Å². The van der Waals surface area contributed by atoms with E-state index in [1.807, 2.05) is 43.5 Å². The average Bonchev–Trinajstić information content (AvgIpc) is 3.32. The predicted molar refractivity (Wildman–Crippen MR) is 102 cm³/mol. The molecule has 0 bridgehead atoms. The third-order valence-electron chi connectivity index (χ3n) is 4.55. The van der Waals surface area contributed by atoms with Gasteiger partial charge in [-0.2, -0.15) is 0 Å². The van der Waals surface area contributed by atoms with Crippen LogP contribution in [0.5, 0.6) is 0 Å². The maximum atomic E-state index is 12.7. The monoisotopic (exact) mass is 366 g/mol. The van der Waals surface area contributed by atoms with Crippen LogP contribution in [0.2, 0.25) is 0 Å². The van der Waals surface area contributed by atoms with Gasteiger partial charge in [-0.1, -0.05) is 30.3 Å². The Morgan fingerprint density at radius 1 is 1.27 bits per heavy atom. The summed E-state index contributed by atoms with van der Waals surface area (Å²) in [5.41, 5.74) is 1.32. The van der Waals surface area contributed by atoms with E-state index in [9.17, 15) is 9.59 Å². The normalized spacial score (nSPS) is 16.9. The molecule has 6 nitrogen and oxygen atoms in total. The van der Waals surface area contributed by atoms with Crippen molar-refractivity contribution in [2.45, 2.75) is 31.8 Å². The lowest BCUT2D eigenvalue weighted by Crippen LogP contribution is -2.28. The van der Waals surface area contributed by atoms with E-state index in [-0.39, 0.29) is 11.6 Å². The maximum absolute atomic E-state index is 12.7. The van der Waals surface area contributed by atoms with Crippen molar-refractivity contribution >= 4 is 23.3 Å². The number of nitrogens with zero attached hydrogens (tertiary/aromatic N) is 3. The number of thiazole rings is 1. The Morgan fingerprint density at radius 3 is 2.85 bits per heavy atom. The lowest BCUT2D eigenvalue weighted by Gasteiger charge is -2.14. The van der Waals surface area contributed by atoms with Crippen LogP contribution in [0.25, 0.3) is 10.4 Å². The van der Waals surface area contributed by atoms with Gasteiger partial charge in [0.2, 0.25) is 0 Å². The third-order valence-corrected chi connectivity index (χ3v) is 5.78. The number of aldehydes is 1. The molecule has 0 saturated carbocycles. The van der Waals surface area contributed by atoms with Crippen molar-refractivity contribution in [2.75, 3.05) is 5.32 Å². The molecule has 2 atom stereocenters. The Labute approximate surface area is 154 Å². The highest BCUT2D eigenvalue weighted by Gasteiger charge is 2.25. The number of fused-ring (bicyclic) bond motifs is 1. The maximum Gasteiger partial charge on any atom is 0.277 e. The number of anilines is 1. The van der Waals surface area contributed by atoms with Crippen LogP contribution in [-0.4, -0.2) is 20.8 Å². The Balaban J connectivity index is 1.58. The van der Waals surface area contributed by atoms with Crippen molar-refractivity contribution in [3.63, 3.8) is 0 Å². The van der Waals surface area contributed by atoms with Crippen LogP contribution in [0, 0.1) is 0 Å². The molecule has 2 aromatic heterocycles. The minimum Gasteiger partial charge on any atom is -0.370 e. The number of hydrogen-bond donors (Lipinski definition) is 1. The van der Waals surface area contributed by atoms with Crippen molar-refractivity contribution < 1.29 is 4.79 Å². The number of aromatic nitrogens is 3. The second-order valence-electron chi connectivity index (χ2n) is 6.30. The summed E-state index contributed by atoms with van der Waals surface area (Å²) in [6.07, 6.45) is 5.52. The Bertz CT molecular complexity index is 996. The van der Waals surface area contributed by atoms with Gasteiger partial charge in [-0.05, 0) is 18.9 Å². The molecule has 1 N–H and O–H groups in total. The quantitative estimate of drug-likeness (QED) is 0.702. The topological polar surface area (TPSA) is 76.9 Å². The number of benzene rings is 1. The van der Waals surface area contributed by atoms with Crippen LogP contribution in [-0.2, 0) is 11.2 Å². The first kappa shape index (κ1) is 16.7. The molecule has 26 heavy (non-hydrogen) atoms. The molecular weight excluding hydrogens is 348 g/mol. The van der Waals surface area contributed by atoms with Gasteiger partial charge in [0.1, 0.15) is 22.8 Å². The second kappa shape index (κ2) is 6.84. The molecule has 1 aromatic carbocycles. The van der Waals surface area contributed by atoms with Crippen molar-refractivity contribution in [3.8, 4) is 10.4 Å². The molecule has 0 aliphatic carbocycles. The molecule has 0 fully saturated rings. The summed E-state index contributed by atoms with van der Waals surface area (Å²) in [5, 5.41) is 4.09. The summed E-state index contributed by atoms with van der Waals surface area (Å²) >= 11 is 1.59. The van der Waals surface area contributed by atoms with E-state index < -0.39 is 6.04 Å². The number of hydrogen-bond acceptors (Lipinski definition) is 6. The minimum absolute atomic E-state index is 0.137. The van der Waals surface area contributed by atoms with Crippen LogP contribution >= 0.6 is 11.3 Å². The minimum atomic E-state index is -0.411. The van der Waals surface area contributed by atoms with Gasteiger partial charge in [-0.3, -0.25) is 9.36 Å². The molecule has 1 aliphatic rings. The molecule has 0 saturated heterocycles. The van der Waals surface area contributed by atoms with Crippen molar-refractivity contribution in [1.29, 1.82) is 0 Å². The fourth-order valence-corrected chi connectivity index (χ4v) is 4.11. The zero-order chi connectivity index (χ0) is 18.1. The fraction of sp³-hybridized carbons (Fsp3) is 0.263. The van der Waals surface area contributed by atoms with E-state index in [0.29, 0.717) is 24.4 Å². The molecular formula is C19H18N4O2S. The zero-order valence-electron chi connectivity index (χ0n) is 14.3. The first-order valence-corrected chi connectivity index (χ1v) is 9.32. The highest BCUT2D eigenvalue weighted by molar-refractivity contribution is 7.15. The van der Waals surface area contributed by atoms with Crippen LogP contribution in [0.1, 0.15) is 36.3 Å². The summed E-state index contributed by atoms with van der Waals surface area (Å²) < 4.78 is 1.50. The summed E-state index contributed by atoms with van der Waals surface area (Å²) in [7, 11) is 0. The molecule has 1 aliphatic heterocycles. The van der Waals surface area contributed by atoms with Gasteiger partial charge >= 0.3 is 0 Å². The number of carbonyl (C=O) groups is 1. The number of rotatable bonds is 5. The molecule has 0 radical (unpaired) electrons. The van der Waals surface area contributed by atoms with Crippen molar-refractivity contribution in [1.82, 2.24) is 14.5 Å². The predicted octanol–water partition coefficient (Wildman–Crippen LogP) is 3.23. The van der Waals surface area contributed by atoms with Gasteiger partial charge < -0.3 is 10.1 Å². The highest BCUT2D eigenvalue weighted by atomic mass is 32.1. The summed E-state index contributed by atoms with van der Waals surface area (Å²) in [4.78, 5) is 33.8. The van der Waals surface area contributed by atoms with E-state index >= 15 is 0 Å². The smallest absolute Gasteiger partial charge is 0.277 e. The molecule has 132 valence electrons. The Morgan fingerprint density at radius 2 is 2.08 bits per heavy atom. The summed E-state index contributed by atoms with van der Waals surface area (Å²) in [6, 6.07) is 9.52. The molecule has 7 heteroatoms. The highest BCUT2D eigenvalue weighted by Crippen LogP contribution is 2.30. The summed E-state index contributed by atoms with van der Waals surface area (Å²) in [6.45, 7) is 1.96. The Hall–Kier alpha value is -2.80. The molecule has 2 unspecified atom stereocenters.